The Bertz CT molecular complexity index is 255. The fourth-order valence-corrected chi connectivity index (χ4v) is 2.17. The van der Waals surface area contributed by atoms with E-state index in [4.69, 9.17) is 5.73 Å². The van der Waals surface area contributed by atoms with Crippen LogP contribution in [0.5, 0.6) is 0 Å². The molecule has 1 rings (SSSR count). The molecule has 3 atom stereocenters. The van der Waals surface area contributed by atoms with Crippen molar-refractivity contribution < 1.29 is 4.79 Å². The van der Waals surface area contributed by atoms with E-state index in [-0.39, 0.29) is 11.9 Å². The lowest BCUT2D eigenvalue weighted by Gasteiger charge is -2.42. The van der Waals surface area contributed by atoms with Gasteiger partial charge in [0.15, 0.2) is 0 Å². The monoisotopic (exact) mass is 241 g/mol. The second-order valence-corrected chi connectivity index (χ2v) is 5.77. The van der Waals surface area contributed by atoms with Gasteiger partial charge in [0.25, 0.3) is 0 Å². The molecule has 1 aliphatic heterocycles. The van der Waals surface area contributed by atoms with Crippen molar-refractivity contribution in [1.29, 1.82) is 0 Å². The molecule has 1 heterocycles. The number of carbonyl (C=O) groups is 1. The van der Waals surface area contributed by atoms with Crippen LogP contribution in [-0.4, -0.2) is 54.0 Å². The molecule has 0 aromatic rings. The standard InChI is InChI=1S/C13H27N3O/c1-9(2)12(14)6-13(17)16-7-10(3)15(5)11(4)8-16/h9-12H,6-8,14H2,1-5H3. The Morgan fingerprint density at radius 2 is 1.76 bits per heavy atom. The Morgan fingerprint density at radius 1 is 1.29 bits per heavy atom. The molecule has 0 bridgehead atoms. The van der Waals surface area contributed by atoms with Crippen molar-refractivity contribution in [1.82, 2.24) is 9.80 Å². The van der Waals surface area contributed by atoms with Gasteiger partial charge in [-0.15, -0.1) is 0 Å². The summed E-state index contributed by atoms with van der Waals surface area (Å²) in [6, 6.07) is 0.837. The van der Waals surface area contributed by atoms with E-state index in [0.29, 0.717) is 24.4 Å². The summed E-state index contributed by atoms with van der Waals surface area (Å²) < 4.78 is 0. The fraction of sp³-hybridized carbons (Fsp3) is 0.923. The van der Waals surface area contributed by atoms with Gasteiger partial charge in [-0.25, -0.2) is 0 Å². The van der Waals surface area contributed by atoms with Gasteiger partial charge in [-0.3, -0.25) is 9.69 Å². The van der Waals surface area contributed by atoms with E-state index in [9.17, 15) is 4.79 Å². The highest BCUT2D eigenvalue weighted by Crippen LogP contribution is 2.15. The molecule has 1 amide bonds. The van der Waals surface area contributed by atoms with E-state index in [1.165, 1.54) is 0 Å². The number of nitrogens with zero attached hydrogens (tertiary/aromatic N) is 2. The molecule has 1 saturated heterocycles. The quantitative estimate of drug-likeness (QED) is 0.799. The molecule has 100 valence electrons. The highest BCUT2D eigenvalue weighted by atomic mass is 16.2. The lowest BCUT2D eigenvalue weighted by atomic mass is 10.0. The molecule has 0 spiro atoms. The van der Waals surface area contributed by atoms with Crippen molar-refractivity contribution in [2.75, 3.05) is 20.1 Å². The Morgan fingerprint density at radius 3 is 2.18 bits per heavy atom. The highest BCUT2D eigenvalue weighted by Gasteiger charge is 2.29. The molecule has 2 N–H and O–H groups in total. The second kappa shape index (κ2) is 5.83. The van der Waals surface area contributed by atoms with E-state index < -0.39 is 0 Å². The number of amides is 1. The lowest BCUT2D eigenvalue weighted by Crippen LogP contribution is -2.57. The molecule has 0 saturated carbocycles. The average molecular weight is 241 g/mol. The van der Waals surface area contributed by atoms with Gasteiger partial charge < -0.3 is 10.6 Å². The van der Waals surface area contributed by atoms with Crippen LogP contribution < -0.4 is 5.73 Å². The third kappa shape index (κ3) is 3.68. The van der Waals surface area contributed by atoms with Crippen LogP contribution in [0.25, 0.3) is 0 Å². The van der Waals surface area contributed by atoms with Crippen LogP contribution in [0.4, 0.5) is 0 Å². The maximum absolute atomic E-state index is 12.1. The zero-order valence-electron chi connectivity index (χ0n) is 11.8. The van der Waals surface area contributed by atoms with Crippen LogP contribution in [0.15, 0.2) is 0 Å². The topological polar surface area (TPSA) is 49.6 Å². The molecule has 0 aliphatic carbocycles. The van der Waals surface area contributed by atoms with Crippen LogP contribution in [-0.2, 0) is 4.79 Å². The number of rotatable bonds is 3. The first-order valence-electron chi connectivity index (χ1n) is 6.58. The maximum atomic E-state index is 12.1. The molecule has 4 heteroatoms. The van der Waals surface area contributed by atoms with Gasteiger partial charge in [-0.1, -0.05) is 13.8 Å². The van der Waals surface area contributed by atoms with Crippen LogP contribution in [0, 0.1) is 5.92 Å². The van der Waals surface area contributed by atoms with Crippen LogP contribution in [0.1, 0.15) is 34.1 Å². The minimum atomic E-state index is -0.0206. The minimum absolute atomic E-state index is 0.0206. The van der Waals surface area contributed by atoms with Crippen LogP contribution in [0.3, 0.4) is 0 Å². The SMILES string of the molecule is CC(C)C(N)CC(=O)N1CC(C)N(C)C(C)C1. The van der Waals surface area contributed by atoms with E-state index in [1.54, 1.807) is 0 Å². The maximum Gasteiger partial charge on any atom is 0.224 e. The summed E-state index contributed by atoms with van der Waals surface area (Å²) in [7, 11) is 2.12. The van der Waals surface area contributed by atoms with Gasteiger partial charge in [0.2, 0.25) is 5.91 Å². The molecule has 17 heavy (non-hydrogen) atoms. The first-order valence-corrected chi connectivity index (χ1v) is 6.58. The summed E-state index contributed by atoms with van der Waals surface area (Å²) in [5.74, 6) is 0.569. The van der Waals surface area contributed by atoms with Crippen molar-refractivity contribution in [3.05, 3.63) is 0 Å². The molecular formula is C13H27N3O. The van der Waals surface area contributed by atoms with Gasteiger partial charge in [0.1, 0.15) is 0 Å². The number of likely N-dealkylation sites (N-methyl/N-ethyl adjacent to an activating group) is 1. The van der Waals surface area contributed by atoms with Gasteiger partial charge >= 0.3 is 0 Å². The third-order valence-electron chi connectivity index (χ3n) is 3.98. The van der Waals surface area contributed by atoms with Gasteiger partial charge in [0, 0.05) is 37.6 Å². The first kappa shape index (κ1) is 14.5. The fourth-order valence-electron chi connectivity index (χ4n) is 2.17. The Labute approximate surface area is 105 Å². The summed E-state index contributed by atoms with van der Waals surface area (Å²) in [5, 5.41) is 0. The molecule has 0 aromatic heterocycles. The largest absolute Gasteiger partial charge is 0.340 e. The van der Waals surface area contributed by atoms with E-state index >= 15 is 0 Å². The molecular weight excluding hydrogens is 214 g/mol. The van der Waals surface area contributed by atoms with Crippen LogP contribution in [0.2, 0.25) is 0 Å². The lowest BCUT2D eigenvalue weighted by molar-refractivity contribution is -0.135. The van der Waals surface area contributed by atoms with Crippen molar-refractivity contribution >= 4 is 5.91 Å². The number of hydrogen-bond donors (Lipinski definition) is 1. The predicted octanol–water partition coefficient (Wildman–Crippen LogP) is 0.911. The van der Waals surface area contributed by atoms with Crippen molar-refractivity contribution in [3.8, 4) is 0 Å². The summed E-state index contributed by atoms with van der Waals surface area (Å²) in [4.78, 5) is 16.4. The summed E-state index contributed by atoms with van der Waals surface area (Å²) in [6.07, 6.45) is 0.473. The zero-order chi connectivity index (χ0) is 13.2. The average Bonchev–Trinajstić information content (AvgIpc) is 2.24. The normalized spacial score (nSPS) is 28.5. The molecule has 4 nitrogen and oxygen atoms in total. The van der Waals surface area contributed by atoms with Gasteiger partial charge in [-0.05, 0) is 26.8 Å². The minimum Gasteiger partial charge on any atom is -0.340 e. The molecule has 3 unspecified atom stereocenters. The Balaban J connectivity index is 2.53. The number of hydrogen-bond acceptors (Lipinski definition) is 3. The first-order chi connectivity index (χ1) is 7.82. The zero-order valence-corrected chi connectivity index (χ0v) is 11.8. The molecule has 0 aromatic carbocycles. The number of piperazine rings is 1. The van der Waals surface area contributed by atoms with E-state index in [1.807, 2.05) is 4.90 Å². The Kier molecular flexibility index (Phi) is 4.95. The van der Waals surface area contributed by atoms with Crippen molar-refractivity contribution in [2.24, 2.45) is 11.7 Å². The van der Waals surface area contributed by atoms with Crippen molar-refractivity contribution in [3.63, 3.8) is 0 Å². The predicted molar refractivity (Wildman–Crippen MR) is 70.7 cm³/mol. The summed E-state index contributed by atoms with van der Waals surface area (Å²) in [5.41, 5.74) is 5.96. The molecule has 0 radical (unpaired) electrons. The van der Waals surface area contributed by atoms with E-state index in [2.05, 4.69) is 39.6 Å². The Hall–Kier alpha value is -0.610. The van der Waals surface area contributed by atoms with Gasteiger partial charge in [0.05, 0.1) is 0 Å². The smallest absolute Gasteiger partial charge is 0.224 e. The molecule has 1 aliphatic rings. The van der Waals surface area contributed by atoms with Gasteiger partial charge in [-0.2, -0.15) is 0 Å². The second-order valence-electron chi connectivity index (χ2n) is 5.77. The summed E-state index contributed by atoms with van der Waals surface area (Å²) >= 11 is 0. The highest BCUT2D eigenvalue weighted by molar-refractivity contribution is 5.77. The van der Waals surface area contributed by atoms with E-state index in [0.717, 1.165) is 13.1 Å². The molecule has 1 fully saturated rings. The summed E-state index contributed by atoms with van der Waals surface area (Å²) in [6.45, 7) is 10.1. The van der Waals surface area contributed by atoms with Crippen molar-refractivity contribution in [2.45, 2.75) is 52.2 Å². The number of nitrogens with two attached hydrogens (primary N) is 1. The van der Waals surface area contributed by atoms with Crippen LogP contribution >= 0.6 is 0 Å². The third-order valence-corrected chi connectivity index (χ3v) is 3.98. The number of carbonyl (C=O) groups excluding carboxylic acids is 1.